The van der Waals surface area contributed by atoms with E-state index >= 15 is 0 Å². The van der Waals surface area contributed by atoms with E-state index < -0.39 is 0 Å². The molecule has 1 aliphatic rings. The molecule has 0 saturated carbocycles. The fourth-order valence-corrected chi connectivity index (χ4v) is 4.22. The number of rotatable bonds is 4. The second kappa shape index (κ2) is 5.98. The smallest absolute Gasteiger partial charge is 0.123 e. The molecule has 0 fully saturated rings. The van der Waals surface area contributed by atoms with Gasteiger partial charge in [-0.1, -0.05) is 37.3 Å². The highest BCUT2D eigenvalue weighted by Gasteiger charge is 2.29. The van der Waals surface area contributed by atoms with Gasteiger partial charge in [0.15, 0.2) is 0 Å². The van der Waals surface area contributed by atoms with Crippen molar-refractivity contribution in [2.45, 2.75) is 29.5 Å². The summed E-state index contributed by atoms with van der Waals surface area (Å²) in [5.74, 6) is -0.161. The lowest BCUT2D eigenvalue weighted by Gasteiger charge is -2.24. The van der Waals surface area contributed by atoms with E-state index in [-0.39, 0.29) is 11.9 Å². The third-order valence-corrected chi connectivity index (χ3v) is 5.07. The van der Waals surface area contributed by atoms with Crippen molar-refractivity contribution in [2.24, 2.45) is 0 Å². The first-order chi connectivity index (χ1) is 9.78. The van der Waals surface area contributed by atoms with E-state index in [0.717, 1.165) is 18.5 Å². The number of thioether (sulfide) groups is 1. The average molecular weight is 287 g/mol. The molecule has 2 atom stereocenters. The van der Waals surface area contributed by atoms with Gasteiger partial charge >= 0.3 is 0 Å². The third kappa shape index (κ3) is 2.74. The first-order valence-electron chi connectivity index (χ1n) is 7.01. The zero-order valence-electron chi connectivity index (χ0n) is 11.5. The van der Waals surface area contributed by atoms with E-state index in [1.54, 1.807) is 12.1 Å². The Morgan fingerprint density at radius 3 is 2.85 bits per heavy atom. The van der Waals surface area contributed by atoms with Gasteiger partial charge in [-0.15, -0.1) is 11.8 Å². The van der Waals surface area contributed by atoms with Crippen molar-refractivity contribution in [3.63, 3.8) is 0 Å². The minimum atomic E-state index is -0.161. The van der Waals surface area contributed by atoms with E-state index in [9.17, 15) is 4.39 Å². The zero-order chi connectivity index (χ0) is 13.9. The van der Waals surface area contributed by atoms with Gasteiger partial charge in [-0.2, -0.15) is 0 Å². The summed E-state index contributed by atoms with van der Waals surface area (Å²) < 4.78 is 13.5. The lowest BCUT2D eigenvalue weighted by Crippen LogP contribution is -2.30. The van der Waals surface area contributed by atoms with Gasteiger partial charge in [-0.05, 0) is 42.3 Å². The van der Waals surface area contributed by atoms with Crippen molar-refractivity contribution >= 4 is 11.8 Å². The van der Waals surface area contributed by atoms with Crippen molar-refractivity contribution in [2.75, 3.05) is 6.54 Å². The van der Waals surface area contributed by atoms with Crippen LogP contribution in [0, 0.1) is 5.82 Å². The molecule has 1 heterocycles. The molecular weight excluding hydrogens is 269 g/mol. The van der Waals surface area contributed by atoms with Gasteiger partial charge in [0.2, 0.25) is 0 Å². The van der Waals surface area contributed by atoms with Gasteiger partial charge in [-0.3, -0.25) is 0 Å². The van der Waals surface area contributed by atoms with Crippen LogP contribution in [0.1, 0.15) is 24.1 Å². The summed E-state index contributed by atoms with van der Waals surface area (Å²) in [6.45, 7) is 2.98. The molecule has 0 saturated heterocycles. The quantitative estimate of drug-likeness (QED) is 0.904. The third-order valence-electron chi connectivity index (χ3n) is 3.68. The predicted octanol–water partition coefficient (Wildman–Crippen LogP) is 4.19. The standard InChI is InChI=1S/C17H18FNS/c1-2-19-17(13-7-5-8-14(18)10-13)16-11-12-6-3-4-9-15(12)20-16/h3-10,16-17,19H,2,11H2,1H3. The number of benzene rings is 2. The number of hydrogen-bond acceptors (Lipinski definition) is 2. The molecule has 0 radical (unpaired) electrons. The first-order valence-corrected chi connectivity index (χ1v) is 7.89. The summed E-state index contributed by atoms with van der Waals surface area (Å²) in [5.41, 5.74) is 2.44. The number of fused-ring (bicyclic) bond motifs is 1. The highest BCUT2D eigenvalue weighted by atomic mass is 32.2. The molecule has 1 aliphatic heterocycles. The average Bonchev–Trinajstić information content (AvgIpc) is 2.88. The van der Waals surface area contributed by atoms with Crippen LogP contribution in [0.25, 0.3) is 0 Å². The van der Waals surface area contributed by atoms with Crippen LogP contribution >= 0.6 is 11.8 Å². The normalized spacial score (nSPS) is 18.8. The molecule has 2 aromatic rings. The Bertz CT molecular complexity index is 574. The second-order valence-electron chi connectivity index (χ2n) is 5.06. The molecule has 2 unspecified atom stereocenters. The number of nitrogens with one attached hydrogen (secondary N) is 1. The van der Waals surface area contributed by atoms with Crippen molar-refractivity contribution in [1.29, 1.82) is 0 Å². The highest BCUT2D eigenvalue weighted by Crippen LogP contribution is 2.42. The maximum atomic E-state index is 13.5. The van der Waals surface area contributed by atoms with E-state index in [4.69, 9.17) is 0 Å². The molecule has 0 spiro atoms. The SMILES string of the molecule is CCNC(c1cccc(F)c1)C1Cc2ccccc2S1. The molecule has 0 aliphatic carbocycles. The Hall–Kier alpha value is -1.32. The Morgan fingerprint density at radius 2 is 2.10 bits per heavy atom. The monoisotopic (exact) mass is 287 g/mol. The van der Waals surface area contributed by atoms with Gasteiger partial charge in [0.1, 0.15) is 5.82 Å². The van der Waals surface area contributed by atoms with Crippen molar-refractivity contribution in [3.05, 3.63) is 65.5 Å². The molecule has 1 nitrogen and oxygen atoms in total. The van der Waals surface area contributed by atoms with Gasteiger partial charge in [0.05, 0.1) is 0 Å². The van der Waals surface area contributed by atoms with Crippen LogP contribution in [0.4, 0.5) is 4.39 Å². The minimum absolute atomic E-state index is 0.161. The Morgan fingerprint density at radius 1 is 1.25 bits per heavy atom. The summed E-state index contributed by atoms with van der Waals surface area (Å²) in [6, 6.07) is 15.7. The second-order valence-corrected chi connectivity index (χ2v) is 6.34. The van der Waals surface area contributed by atoms with E-state index in [1.807, 2.05) is 17.8 Å². The van der Waals surface area contributed by atoms with Crippen LogP contribution in [0.5, 0.6) is 0 Å². The topological polar surface area (TPSA) is 12.0 Å². The van der Waals surface area contributed by atoms with Crippen LogP contribution in [-0.2, 0) is 6.42 Å². The van der Waals surface area contributed by atoms with Crippen molar-refractivity contribution in [1.82, 2.24) is 5.32 Å². The lowest BCUT2D eigenvalue weighted by atomic mass is 9.98. The molecular formula is C17H18FNS. The Kier molecular flexibility index (Phi) is 4.08. The molecule has 2 aromatic carbocycles. The first kappa shape index (κ1) is 13.7. The van der Waals surface area contributed by atoms with Gasteiger partial charge in [0.25, 0.3) is 0 Å². The zero-order valence-corrected chi connectivity index (χ0v) is 12.3. The molecule has 0 amide bonds. The molecule has 3 heteroatoms. The lowest BCUT2D eigenvalue weighted by molar-refractivity contribution is 0.526. The van der Waals surface area contributed by atoms with Crippen LogP contribution in [-0.4, -0.2) is 11.8 Å². The van der Waals surface area contributed by atoms with Crippen LogP contribution < -0.4 is 5.32 Å². The fraction of sp³-hybridized carbons (Fsp3) is 0.294. The van der Waals surface area contributed by atoms with E-state index in [2.05, 4.69) is 36.5 Å². The van der Waals surface area contributed by atoms with Crippen LogP contribution in [0.2, 0.25) is 0 Å². The maximum absolute atomic E-state index is 13.5. The highest BCUT2D eigenvalue weighted by molar-refractivity contribution is 8.00. The van der Waals surface area contributed by atoms with Crippen molar-refractivity contribution < 1.29 is 4.39 Å². The van der Waals surface area contributed by atoms with Crippen LogP contribution in [0.15, 0.2) is 53.4 Å². The predicted molar refractivity (Wildman–Crippen MR) is 82.6 cm³/mol. The van der Waals surface area contributed by atoms with Crippen LogP contribution in [0.3, 0.4) is 0 Å². The fourth-order valence-electron chi connectivity index (χ4n) is 2.78. The number of hydrogen-bond donors (Lipinski definition) is 1. The van der Waals surface area contributed by atoms with Gasteiger partial charge in [0, 0.05) is 16.2 Å². The largest absolute Gasteiger partial charge is 0.309 e. The molecule has 104 valence electrons. The maximum Gasteiger partial charge on any atom is 0.123 e. The Balaban J connectivity index is 1.86. The molecule has 1 N–H and O–H groups in total. The van der Waals surface area contributed by atoms with Gasteiger partial charge in [-0.25, -0.2) is 4.39 Å². The summed E-state index contributed by atoms with van der Waals surface area (Å²) in [6.07, 6.45) is 1.04. The van der Waals surface area contributed by atoms with Gasteiger partial charge < -0.3 is 5.32 Å². The van der Waals surface area contributed by atoms with E-state index in [0.29, 0.717) is 5.25 Å². The molecule has 0 bridgehead atoms. The Labute approximate surface area is 123 Å². The summed E-state index contributed by atoms with van der Waals surface area (Å²) in [7, 11) is 0. The summed E-state index contributed by atoms with van der Waals surface area (Å²) in [4.78, 5) is 1.36. The summed E-state index contributed by atoms with van der Waals surface area (Å²) >= 11 is 1.90. The molecule has 20 heavy (non-hydrogen) atoms. The summed E-state index contributed by atoms with van der Waals surface area (Å²) in [5, 5.41) is 3.94. The molecule has 3 rings (SSSR count). The molecule has 0 aromatic heterocycles. The van der Waals surface area contributed by atoms with E-state index in [1.165, 1.54) is 16.5 Å². The minimum Gasteiger partial charge on any atom is -0.309 e. The number of halogens is 1. The van der Waals surface area contributed by atoms with Crippen molar-refractivity contribution in [3.8, 4) is 0 Å².